The number of benzene rings is 1. The number of carbonyl (C=O) groups is 3. The van der Waals surface area contributed by atoms with Gasteiger partial charge in [0.15, 0.2) is 0 Å². The molecule has 11 heteroatoms. The lowest BCUT2D eigenvalue weighted by atomic mass is 9.77. The Kier molecular flexibility index (Phi) is 8.09. The van der Waals surface area contributed by atoms with Crippen molar-refractivity contribution in [1.82, 2.24) is 10.6 Å². The predicted molar refractivity (Wildman–Crippen MR) is 141 cm³/mol. The zero-order valence-corrected chi connectivity index (χ0v) is 21.9. The molecule has 1 aromatic carbocycles. The van der Waals surface area contributed by atoms with Crippen molar-refractivity contribution >= 4 is 52.0 Å². The van der Waals surface area contributed by atoms with E-state index in [-0.39, 0.29) is 36.7 Å². The van der Waals surface area contributed by atoms with E-state index in [2.05, 4.69) is 16.0 Å². The molecule has 2 aromatic rings. The minimum atomic E-state index is -0.745. The van der Waals surface area contributed by atoms with E-state index in [1.165, 1.54) is 34.8 Å². The number of nitrogens with one attached hydrogen (secondary N) is 3. The maximum absolute atomic E-state index is 15.0. The van der Waals surface area contributed by atoms with Crippen molar-refractivity contribution in [3.05, 3.63) is 45.4 Å². The van der Waals surface area contributed by atoms with Gasteiger partial charge in [-0.15, -0.1) is 11.3 Å². The Balaban J connectivity index is 1.28. The zero-order valence-electron chi connectivity index (χ0n) is 20.3. The van der Waals surface area contributed by atoms with Crippen molar-refractivity contribution in [3.8, 4) is 0 Å². The number of anilines is 2. The fourth-order valence-electron chi connectivity index (χ4n) is 4.87. The Morgan fingerprint density at radius 2 is 1.95 bits per heavy atom. The molecule has 2 heterocycles. The molecule has 0 spiro atoms. The Morgan fingerprint density at radius 1 is 1.16 bits per heavy atom. The molecule has 1 aromatic heterocycles. The molecule has 2 saturated carbocycles. The maximum atomic E-state index is 15.0. The fourth-order valence-corrected chi connectivity index (χ4v) is 5.83. The van der Waals surface area contributed by atoms with Crippen molar-refractivity contribution < 1.29 is 23.5 Å². The highest BCUT2D eigenvalue weighted by Gasteiger charge is 2.40. The second kappa shape index (κ2) is 11.5. The Labute approximate surface area is 223 Å². The highest BCUT2D eigenvalue weighted by molar-refractivity contribution is 7.18. The topological polar surface area (TPSA) is 99.8 Å². The molecule has 8 nitrogen and oxygen atoms in total. The van der Waals surface area contributed by atoms with E-state index >= 15 is 4.39 Å². The number of amides is 3. The van der Waals surface area contributed by atoms with Crippen molar-refractivity contribution in [3.63, 3.8) is 0 Å². The minimum absolute atomic E-state index is 0.0178. The van der Waals surface area contributed by atoms with Crippen LogP contribution in [0.3, 0.4) is 0 Å². The Hall–Kier alpha value is -2.53. The van der Waals surface area contributed by atoms with Crippen molar-refractivity contribution in [2.75, 3.05) is 36.5 Å². The van der Waals surface area contributed by atoms with Gasteiger partial charge in [-0.05, 0) is 67.9 Å². The van der Waals surface area contributed by atoms with E-state index in [0.717, 1.165) is 25.7 Å². The van der Waals surface area contributed by atoms with Crippen LogP contribution in [0, 0.1) is 17.7 Å². The number of nitrogens with zero attached hydrogens (tertiary/aromatic N) is 1. The van der Waals surface area contributed by atoms with Crippen LogP contribution in [0.4, 0.5) is 15.8 Å². The molecule has 3 N–H and O–H groups in total. The summed E-state index contributed by atoms with van der Waals surface area (Å²) in [7, 11) is 0. The highest BCUT2D eigenvalue weighted by atomic mass is 35.5. The molecule has 2 atom stereocenters. The van der Waals surface area contributed by atoms with Crippen LogP contribution >= 0.6 is 22.9 Å². The molecule has 0 radical (unpaired) electrons. The van der Waals surface area contributed by atoms with Crippen LogP contribution in [0.15, 0.2) is 30.3 Å². The Morgan fingerprint density at radius 3 is 2.57 bits per heavy atom. The summed E-state index contributed by atoms with van der Waals surface area (Å²) in [5.41, 5.74) is 0.434. The highest BCUT2D eigenvalue weighted by Crippen LogP contribution is 2.42. The van der Waals surface area contributed by atoms with Crippen molar-refractivity contribution in [1.29, 1.82) is 0 Å². The monoisotopic (exact) mass is 548 g/mol. The molecule has 2 aliphatic carbocycles. The first-order chi connectivity index (χ1) is 17.9. The van der Waals surface area contributed by atoms with Gasteiger partial charge in [-0.2, -0.15) is 0 Å². The van der Waals surface area contributed by atoms with Crippen LogP contribution in [0.1, 0.15) is 41.8 Å². The lowest BCUT2D eigenvalue weighted by molar-refractivity contribution is -0.125. The van der Waals surface area contributed by atoms with Gasteiger partial charge in [0.1, 0.15) is 18.5 Å². The molecule has 3 aliphatic rings. The smallest absolute Gasteiger partial charge is 0.261 e. The largest absolute Gasteiger partial charge is 0.370 e. The van der Waals surface area contributed by atoms with Crippen LogP contribution in [-0.4, -0.2) is 56.1 Å². The summed E-state index contributed by atoms with van der Waals surface area (Å²) in [6.07, 6.45) is 5.68. The molecule has 1 saturated heterocycles. The molecule has 37 heavy (non-hydrogen) atoms. The van der Waals surface area contributed by atoms with E-state index in [9.17, 15) is 14.4 Å². The Bertz CT molecular complexity index is 1170. The van der Waals surface area contributed by atoms with Crippen LogP contribution in [-0.2, 0) is 14.3 Å². The summed E-state index contributed by atoms with van der Waals surface area (Å²) in [5, 5.41) is 9.01. The molecule has 3 amide bonds. The number of hydrogen-bond donors (Lipinski definition) is 3. The molecule has 5 rings (SSSR count). The standard InChI is InChI=1S/C26H30ClFN4O4S/c27-22-9-8-21(37-22)26(35)29-13-20(30-24(16-4-5-16)15-2-1-3-15)25(34)31-19-7-6-17(12-18(19)28)32-10-11-36-14-23(32)33/h6-9,12,15-16,20,24,30H,1-5,10-11,13-14H2,(H,29,35)(H,31,34)/t20-,24?/m1/s1. The van der Waals surface area contributed by atoms with Crippen molar-refractivity contribution in [2.24, 2.45) is 11.8 Å². The fraction of sp³-hybridized carbons (Fsp3) is 0.500. The molecule has 1 unspecified atom stereocenters. The predicted octanol–water partition coefficient (Wildman–Crippen LogP) is 3.81. The van der Waals surface area contributed by atoms with Gasteiger partial charge in [-0.25, -0.2) is 4.39 Å². The lowest BCUT2D eigenvalue weighted by Crippen LogP contribution is -2.55. The number of halogens is 2. The second-order valence-corrected chi connectivity index (χ2v) is 11.6. The van der Waals surface area contributed by atoms with Crippen LogP contribution in [0.2, 0.25) is 4.34 Å². The third kappa shape index (κ3) is 6.31. The van der Waals surface area contributed by atoms with Crippen LogP contribution in [0.5, 0.6) is 0 Å². The van der Waals surface area contributed by atoms with Gasteiger partial charge >= 0.3 is 0 Å². The van der Waals surface area contributed by atoms with E-state index in [1.807, 2.05) is 0 Å². The summed E-state index contributed by atoms with van der Waals surface area (Å²) < 4.78 is 20.6. The normalized spacial score (nSPS) is 19.7. The average Bonchev–Trinajstić information content (AvgIpc) is 3.60. The first-order valence-electron chi connectivity index (χ1n) is 12.7. The van der Waals surface area contributed by atoms with Crippen molar-refractivity contribution in [2.45, 2.75) is 44.2 Å². The molecule has 3 fully saturated rings. The van der Waals surface area contributed by atoms with Gasteiger partial charge < -0.3 is 25.6 Å². The second-order valence-electron chi connectivity index (χ2n) is 9.84. The summed E-state index contributed by atoms with van der Waals surface area (Å²) in [4.78, 5) is 40.0. The summed E-state index contributed by atoms with van der Waals surface area (Å²) in [6, 6.07) is 7.04. The van der Waals surface area contributed by atoms with Crippen LogP contribution < -0.4 is 20.9 Å². The maximum Gasteiger partial charge on any atom is 0.261 e. The quantitative estimate of drug-likeness (QED) is 0.419. The number of thiophene rings is 1. The van der Waals surface area contributed by atoms with E-state index < -0.39 is 17.8 Å². The van der Waals surface area contributed by atoms with Gasteiger partial charge in [0, 0.05) is 24.8 Å². The molecule has 198 valence electrons. The van der Waals surface area contributed by atoms with Gasteiger partial charge in [-0.1, -0.05) is 18.0 Å². The number of rotatable bonds is 10. The lowest BCUT2D eigenvalue weighted by Gasteiger charge is -2.37. The molecular weight excluding hydrogens is 519 g/mol. The van der Waals surface area contributed by atoms with Gasteiger partial charge in [0.25, 0.3) is 11.8 Å². The number of hydrogen-bond acceptors (Lipinski definition) is 6. The average molecular weight is 549 g/mol. The van der Waals surface area contributed by atoms with E-state index in [1.54, 1.807) is 18.2 Å². The van der Waals surface area contributed by atoms with E-state index in [4.69, 9.17) is 16.3 Å². The summed E-state index contributed by atoms with van der Waals surface area (Å²) in [5.74, 6) is -0.584. The van der Waals surface area contributed by atoms with Crippen LogP contribution in [0.25, 0.3) is 0 Å². The zero-order chi connectivity index (χ0) is 25.9. The first-order valence-corrected chi connectivity index (χ1v) is 13.9. The first kappa shape index (κ1) is 26.1. The summed E-state index contributed by atoms with van der Waals surface area (Å²) >= 11 is 7.13. The van der Waals surface area contributed by atoms with Gasteiger partial charge in [0.2, 0.25) is 5.91 Å². The van der Waals surface area contributed by atoms with E-state index in [0.29, 0.717) is 39.9 Å². The third-order valence-corrected chi connectivity index (χ3v) is 8.50. The molecule has 0 bridgehead atoms. The number of morpholine rings is 1. The molecule has 1 aliphatic heterocycles. The number of ether oxygens (including phenoxy) is 1. The SMILES string of the molecule is O=C(NC[C@@H](NC(C1CCC1)C1CC1)C(=O)Nc1ccc(N2CCOCC2=O)cc1F)c1ccc(Cl)s1. The summed E-state index contributed by atoms with van der Waals surface area (Å²) in [6.45, 7) is 0.735. The van der Waals surface area contributed by atoms with Gasteiger partial charge in [-0.3, -0.25) is 14.4 Å². The molecular formula is C26H30ClFN4O4S. The third-order valence-electron chi connectivity index (χ3n) is 7.27. The van der Waals surface area contributed by atoms with Gasteiger partial charge in [0.05, 0.1) is 21.5 Å². The number of carbonyl (C=O) groups excluding carboxylic acids is 3. The minimum Gasteiger partial charge on any atom is -0.370 e.